The standard InChI is InChI=1S/C8H10N2O/c1-3-6(4-2)10-7-5-9-8(10)11-7/h3,5-6H,1,4H2,2H3. The Labute approximate surface area is 64.7 Å². The number of fused-ring (bicyclic) bond motifs is 1. The number of aromatic nitrogens is 2. The van der Waals surface area contributed by atoms with Gasteiger partial charge in [0.25, 0.3) is 0 Å². The Morgan fingerprint density at radius 3 is 3.09 bits per heavy atom. The second-order valence-corrected chi connectivity index (χ2v) is 2.56. The fourth-order valence-corrected chi connectivity index (χ4v) is 1.29. The summed E-state index contributed by atoms with van der Waals surface area (Å²) < 4.78 is 7.19. The number of nitrogens with zero attached hydrogens (tertiary/aromatic N) is 2. The molecule has 3 heterocycles. The molecule has 0 N–H and O–H groups in total. The van der Waals surface area contributed by atoms with Crippen molar-refractivity contribution in [1.82, 2.24) is 9.55 Å². The number of allylic oxidation sites excluding steroid dienone is 1. The average Bonchev–Trinajstić information content (AvgIpc) is 2.59. The van der Waals surface area contributed by atoms with E-state index >= 15 is 0 Å². The molecule has 3 rings (SSSR count). The third-order valence-electron chi connectivity index (χ3n) is 1.95. The lowest BCUT2D eigenvalue weighted by molar-refractivity contribution is 0.456. The molecule has 0 saturated carbocycles. The van der Waals surface area contributed by atoms with Crippen LogP contribution in [0.2, 0.25) is 0 Å². The molecular weight excluding hydrogens is 140 g/mol. The van der Waals surface area contributed by atoms with E-state index in [1.807, 2.05) is 10.6 Å². The fourth-order valence-electron chi connectivity index (χ4n) is 1.29. The molecule has 0 fully saturated rings. The Hall–Kier alpha value is -1.25. The Morgan fingerprint density at radius 2 is 2.73 bits per heavy atom. The highest BCUT2D eigenvalue weighted by molar-refractivity contribution is 5.50. The van der Waals surface area contributed by atoms with E-state index in [0.717, 1.165) is 12.1 Å². The molecule has 11 heavy (non-hydrogen) atoms. The molecule has 3 aromatic heterocycles. The lowest BCUT2D eigenvalue weighted by Crippen LogP contribution is -2.08. The van der Waals surface area contributed by atoms with Crippen molar-refractivity contribution in [1.29, 1.82) is 0 Å². The van der Waals surface area contributed by atoms with Crippen LogP contribution in [0.25, 0.3) is 11.6 Å². The zero-order valence-electron chi connectivity index (χ0n) is 6.45. The van der Waals surface area contributed by atoms with E-state index in [1.54, 1.807) is 6.20 Å². The van der Waals surface area contributed by atoms with Crippen molar-refractivity contribution in [2.24, 2.45) is 0 Å². The molecular formula is C8H10N2O. The summed E-state index contributed by atoms with van der Waals surface area (Å²) >= 11 is 0. The normalized spacial score (nSPS) is 14.3. The molecule has 58 valence electrons. The van der Waals surface area contributed by atoms with Crippen molar-refractivity contribution >= 4 is 11.6 Å². The summed E-state index contributed by atoms with van der Waals surface area (Å²) in [7, 11) is 0. The van der Waals surface area contributed by atoms with Gasteiger partial charge in [0, 0.05) is 0 Å². The summed E-state index contributed by atoms with van der Waals surface area (Å²) in [4.78, 5) is 4.02. The first kappa shape index (κ1) is 6.46. The number of hydrogen-bond acceptors (Lipinski definition) is 2. The van der Waals surface area contributed by atoms with E-state index in [-0.39, 0.29) is 0 Å². The number of imidazole rings is 1. The van der Waals surface area contributed by atoms with Gasteiger partial charge >= 0.3 is 5.84 Å². The van der Waals surface area contributed by atoms with Crippen molar-refractivity contribution in [3.8, 4) is 0 Å². The lowest BCUT2D eigenvalue weighted by atomic mass is 10.2. The van der Waals surface area contributed by atoms with Crippen LogP contribution in [0.3, 0.4) is 0 Å². The van der Waals surface area contributed by atoms with Gasteiger partial charge in [0.15, 0.2) is 0 Å². The van der Waals surface area contributed by atoms with Gasteiger partial charge in [0.2, 0.25) is 5.71 Å². The highest BCUT2D eigenvalue weighted by atomic mass is 16.4. The van der Waals surface area contributed by atoms with E-state index in [2.05, 4.69) is 18.5 Å². The van der Waals surface area contributed by atoms with Gasteiger partial charge in [-0.2, -0.15) is 4.98 Å². The quantitative estimate of drug-likeness (QED) is 0.628. The first-order valence-corrected chi connectivity index (χ1v) is 3.74. The highest BCUT2D eigenvalue weighted by Crippen LogP contribution is 2.25. The average molecular weight is 150 g/mol. The summed E-state index contributed by atoms with van der Waals surface area (Å²) in [5, 5.41) is 0. The Bertz CT molecular complexity index is 313. The molecule has 0 saturated heterocycles. The van der Waals surface area contributed by atoms with Gasteiger partial charge in [0.1, 0.15) is 0 Å². The van der Waals surface area contributed by atoms with Crippen LogP contribution in [0.15, 0.2) is 23.3 Å². The lowest BCUT2D eigenvalue weighted by Gasteiger charge is -2.15. The first-order chi connectivity index (χ1) is 5.36. The largest absolute Gasteiger partial charge is 0.406 e. The molecule has 3 aromatic rings. The molecule has 0 aliphatic heterocycles. The smallest absolute Gasteiger partial charge is 0.306 e. The maximum absolute atomic E-state index is 5.14. The summed E-state index contributed by atoms with van der Waals surface area (Å²) in [6.07, 6.45) is 4.68. The first-order valence-electron chi connectivity index (χ1n) is 3.74. The van der Waals surface area contributed by atoms with Crippen molar-refractivity contribution < 1.29 is 4.42 Å². The van der Waals surface area contributed by atoms with Gasteiger partial charge in [0.05, 0.1) is 12.2 Å². The molecule has 3 nitrogen and oxygen atoms in total. The SMILES string of the molecule is C=CC(CC)n1c2cnc1o2. The van der Waals surface area contributed by atoms with Crippen LogP contribution in [-0.4, -0.2) is 9.55 Å². The van der Waals surface area contributed by atoms with Crippen molar-refractivity contribution in [3.63, 3.8) is 0 Å². The second-order valence-electron chi connectivity index (χ2n) is 2.56. The predicted octanol–water partition coefficient (Wildman–Crippen LogP) is 2.20. The predicted molar refractivity (Wildman–Crippen MR) is 42.7 cm³/mol. The molecule has 0 spiro atoms. The molecule has 1 unspecified atom stereocenters. The van der Waals surface area contributed by atoms with Crippen molar-refractivity contribution in [2.75, 3.05) is 0 Å². The van der Waals surface area contributed by atoms with E-state index in [4.69, 9.17) is 4.42 Å². The summed E-state index contributed by atoms with van der Waals surface area (Å²) in [6, 6.07) is 0.344. The van der Waals surface area contributed by atoms with Crippen molar-refractivity contribution in [2.45, 2.75) is 19.4 Å². The van der Waals surface area contributed by atoms with Crippen LogP contribution in [0, 0.1) is 0 Å². The Morgan fingerprint density at radius 1 is 1.91 bits per heavy atom. The molecule has 1 atom stereocenters. The summed E-state index contributed by atoms with van der Waals surface area (Å²) in [5.74, 6) is 0.715. The molecule has 0 amide bonds. The molecule has 0 aliphatic rings. The summed E-state index contributed by atoms with van der Waals surface area (Å²) in [5.41, 5.74) is 0.853. The maximum Gasteiger partial charge on any atom is 0.306 e. The van der Waals surface area contributed by atoms with Gasteiger partial charge in [-0.05, 0) is 6.42 Å². The maximum atomic E-state index is 5.14. The Balaban J connectivity index is 2.37. The van der Waals surface area contributed by atoms with Crippen LogP contribution in [-0.2, 0) is 0 Å². The van der Waals surface area contributed by atoms with Crippen LogP contribution in [0.4, 0.5) is 0 Å². The number of oxazole rings is 1. The Kier molecular flexibility index (Phi) is 1.24. The minimum absolute atomic E-state index is 0.344. The third kappa shape index (κ3) is 0.707. The third-order valence-corrected chi connectivity index (χ3v) is 1.95. The molecule has 0 aromatic carbocycles. The van der Waals surface area contributed by atoms with Crippen LogP contribution in [0.1, 0.15) is 19.4 Å². The van der Waals surface area contributed by atoms with Gasteiger partial charge in [-0.25, -0.2) is 0 Å². The highest BCUT2D eigenvalue weighted by Gasteiger charge is 2.17. The molecule has 2 bridgehead atoms. The minimum Gasteiger partial charge on any atom is -0.406 e. The van der Waals surface area contributed by atoms with Crippen LogP contribution >= 0.6 is 0 Å². The monoisotopic (exact) mass is 150 g/mol. The van der Waals surface area contributed by atoms with E-state index in [9.17, 15) is 0 Å². The van der Waals surface area contributed by atoms with Gasteiger partial charge in [-0.1, -0.05) is 13.0 Å². The molecule has 0 radical (unpaired) electrons. The fraction of sp³-hybridized carbons (Fsp3) is 0.375. The van der Waals surface area contributed by atoms with Crippen molar-refractivity contribution in [3.05, 3.63) is 18.9 Å². The minimum atomic E-state index is 0.344. The zero-order valence-corrected chi connectivity index (χ0v) is 6.45. The number of rotatable bonds is 3. The van der Waals surface area contributed by atoms with E-state index in [1.165, 1.54) is 0 Å². The zero-order chi connectivity index (χ0) is 7.84. The second kappa shape index (κ2) is 2.12. The molecule has 0 aliphatic carbocycles. The van der Waals surface area contributed by atoms with E-state index in [0.29, 0.717) is 11.9 Å². The van der Waals surface area contributed by atoms with Gasteiger partial charge in [-0.3, -0.25) is 4.57 Å². The van der Waals surface area contributed by atoms with Crippen LogP contribution < -0.4 is 0 Å². The van der Waals surface area contributed by atoms with E-state index < -0.39 is 0 Å². The topological polar surface area (TPSA) is 31.0 Å². The summed E-state index contributed by atoms with van der Waals surface area (Å²) in [6.45, 7) is 5.87. The molecule has 3 heteroatoms. The van der Waals surface area contributed by atoms with Gasteiger partial charge < -0.3 is 4.42 Å². The van der Waals surface area contributed by atoms with Gasteiger partial charge in [-0.15, -0.1) is 6.58 Å². The number of hydrogen-bond donors (Lipinski definition) is 0. The van der Waals surface area contributed by atoms with Crippen LogP contribution in [0.5, 0.6) is 0 Å².